The molecule has 2 aromatic carbocycles. The van der Waals surface area contributed by atoms with E-state index < -0.39 is 0 Å². The number of nitrogens with one attached hydrogen (secondary N) is 1. The Balaban J connectivity index is 1.71. The standard InChI is InChI=1S/C18H19IN2O/c19-16-9-3-2-8-15(16)18(22)20-13-14-7-1-4-10-17(14)21-11-5-6-12-21/h1-4,7-10H,5-6,11-13H2,(H,20,22). The van der Waals surface area contributed by atoms with E-state index in [9.17, 15) is 4.79 Å². The lowest BCUT2D eigenvalue weighted by Gasteiger charge is -2.21. The molecule has 0 aliphatic carbocycles. The number of benzene rings is 2. The summed E-state index contributed by atoms with van der Waals surface area (Å²) in [5.41, 5.74) is 3.17. The van der Waals surface area contributed by atoms with Crippen molar-refractivity contribution in [1.29, 1.82) is 0 Å². The Kier molecular flexibility index (Phi) is 4.97. The van der Waals surface area contributed by atoms with Gasteiger partial charge < -0.3 is 10.2 Å². The third-order valence-corrected chi connectivity index (χ3v) is 4.94. The van der Waals surface area contributed by atoms with Crippen molar-refractivity contribution in [3.8, 4) is 0 Å². The van der Waals surface area contributed by atoms with Crippen molar-refractivity contribution in [2.75, 3.05) is 18.0 Å². The lowest BCUT2D eigenvalue weighted by atomic mass is 10.1. The Labute approximate surface area is 144 Å². The van der Waals surface area contributed by atoms with Crippen molar-refractivity contribution in [2.45, 2.75) is 19.4 Å². The first kappa shape index (κ1) is 15.3. The van der Waals surface area contributed by atoms with E-state index in [1.165, 1.54) is 24.1 Å². The van der Waals surface area contributed by atoms with Gasteiger partial charge in [0.2, 0.25) is 0 Å². The number of nitrogens with zero attached hydrogens (tertiary/aromatic N) is 1. The number of carbonyl (C=O) groups excluding carboxylic acids is 1. The zero-order chi connectivity index (χ0) is 15.4. The fraction of sp³-hybridized carbons (Fsp3) is 0.278. The van der Waals surface area contributed by atoms with Crippen LogP contribution in [0.4, 0.5) is 5.69 Å². The van der Waals surface area contributed by atoms with E-state index in [0.29, 0.717) is 6.54 Å². The van der Waals surface area contributed by atoms with Crippen LogP contribution in [0.2, 0.25) is 0 Å². The molecule has 0 unspecified atom stereocenters. The molecule has 0 atom stereocenters. The molecule has 114 valence electrons. The molecule has 3 rings (SSSR count). The normalized spacial score (nSPS) is 14.1. The summed E-state index contributed by atoms with van der Waals surface area (Å²) in [6, 6.07) is 16.0. The van der Waals surface area contributed by atoms with Crippen molar-refractivity contribution in [1.82, 2.24) is 5.32 Å². The molecular formula is C18H19IN2O. The van der Waals surface area contributed by atoms with Gasteiger partial charge in [-0.1, -0.05) is 30.3 Å². The fourth-order valence-electron chi connectivity index (χ4n) is 2.84. The number of hydrogen-bond donors (Lipinski definition) is 1. The molecule has 1 fully saturated rings. The third-order valence-electron chi connectivity index (χ3n) is 4.00. The van der Waals surface area contributed by atoms with Gasteiger partial charge in [-0.25, -0.2) is 0 Å². The molecule has 1 aliphatic rings. The van der Waals surface area contributed by atoms with Gasteiger partial charge in [0.05, 0.1) is 5.56 Å². The zero-order valence-electron chi connectivity index (χ0n) is 12.4. The Morgan fingerprint density at radius 2 is 1.73 bits per heavy atom. The molecule has 0 aromatic heterocycles. The van der Waals surface area contributed by atoms with E-state index in [-0.39, 0.29) is 5.91 Å². The number of para-hydroxylation sites is 1. The minimum absolute atomic E-state index is 0.0128. The Bertz CT molecular complexity index is 666. The second-order valence-electron chi connectivity index (χ2n) is 5.49. The van der Waals surface area contributed by atoms with Crippen LogP contribution in [0, 0.1) is 3.57 Å². The van der Waals surface area contributed by atoms with E-state index in [1.807, 2.05) is 30.3 Å². The molecule has 1 aliphatic heterocycles. The van der Waals surface area contributed by atoms with Gasteiger partial charge in [-0.15, -0.1) is 0 Å². The second-order valence-corrected chi connectivity index (χ2v) is 6.65. The fourth-order valence-corrected chi connectivity index (χ4v) is 3.48. The maximum absolute atomic E-state index is 12.3. The highest BCUT2D eigenvalue weighted by molar-refractivity contribution is 14.1. The van der Waals surface area contributed by atoms with E-state index in [0.717, 1.165) is 22.2 Å². The summed E-state index contributed by atoms with van der Waals surface area (Å²) in [6.07, 6.45) is 2.51. The van der Waals surface area contributed by atoms with Gasteiger partial charge in [0.25, 0.3) is 5.91 Å². The molecule has 0 bridgehead atoms. The number of anilines is 1. The Morgan fingerprint density at radius 1 is 1.05 bits per heavy atom. The maximum Gasteiger partial charge on any atom is 0.252 e. The first-order valence-electron chi connectivity index (χ1n) is 7.61. The highest BCUT2D eigenvalue weighted by Crippen LogP contribution is 2.24. The molecule has 0 saturated carbocycles. The average molecular weight is 406 g/mol. The molecule has 0 spiro atoms. The number of rotatable bonds is 4. The predicted molar refractivity (Wildman–Crippen MR) is 98.2 cm³/mol. The lowest BCUT2D eigenvalue weighted by Crippen LogP contribution is -2.26. The van der Waals surface area contributed by atoms with Gasteiger partial charge in [0.15, 0.2) is 0 Å². The zero-order valence-corrected chi connectivity index (χ0v) is 14.5. The highest BCUT2D eigenvalue weighted by Gasteiger charge is 2.16. The topological polar surface area (TPSA) is 32.3 Å². The van der Waals surface area contributed by atoms with Gasteiger partial charge in [-0.05, 0) is 59.2 Å². The first-order chi connectivity index (χ1) is 10.8. The summed E-state index contributed by atoms with van der Waals surface area (Å²) in [5.74, 6) is -0.0128. The Morgan fingerprint density at radius 3 is 2.50 bits per heavy atom. The monoisotopic (exact) mass is 406 g/mol. The van der Waals surface area contributed by atoms with Crippen LogP contribution < -0.4 is 10.2 Å². The van der Waals surface area contributed by atoms with Crippen LogP contribution in [0.1, 0.15) is 28.8 Å². The summed E-state index contributed by atoms with van der Waals surface area (Å²) < 4.78 is 0.977. The lowest BCUT2D eigenvalue weighted by molar-refractivity contribution is 0.0950. The molecule has 4 heteroatoms. The molecule has 1 N–H and O–H groups in total. The van der Waals surface area contributed by atoms with Crippen LogP contribution in [-0.4, -0.2) is 19.0 Å². The number of amides is 1. The molecule has 1 saturated heterocycles. The van der Waals surface area contributed by atoms with E-state index in [1.54, 1.807) is 0 Å². The van der Waals surface area contributed by atoms with Crippen LogP contribution in [0.15, 0.2) is 48.5 Å². The Hall–Kier alpha value is -1.56. The van der Waals surface area contributed by atoms with Crippen molar-refractivity contribution >= 4 is 34.2 Å². The smallest absolute Gasteiger partial charge is 0.252 e. The number of carbonyl (C=O) groups is 1. The SMILES string of the molecule is O=C(NCc1ccccc1N1CCCC1)c1ccccc1I. The number of hydrogen-bond acceptors (Lipinski definition) is 2. The van der Waals surface area contributed by atoms with Crippen LogP contribution in [0.25, 0.3) is 0 Å². The molecule has 22 heavy (non-hydrogen) atoms. The van der Waals surface area contributed by atoms with Gasteiger partial charge in [0.1, 0.15) is 0 Å². The van der Waals surface area contributed by atoms with Crippen LogP contribution >= 0.6 is 22.6 Å². The largest absolute Gasteiger partial charge is 0.371 e. The first-order valence-corrected chi connectivity index (χ1v) is 8.69. The molecule has 1 heterocycles. The second kappa shape index (κ2) is 7.13. The van der Waals surface area contributed by atoms with Gasteiger partial charge in [-0.3, -0.25) is 4.79 Å². The predicted octanol–water partition coefficient (Wildman–Crippen LogP) is 3.82. The minimum atomic E-state index is -0.0128. The van der Waals surface area contributed by atoms with Crippen LogP contribution in [0.5, 0.6) is 0 Å². The molecule has 0 radical (unpaired) electrons. The van der Waals surface area contributed by atoms with E-state index in [4.69, 9.17) is 0 Å². The maximum atomic E-state index is 12.3. The molecule has 2 aromatic rings. The van der Waals surface area contributed by atoms with Crippen molar-refractivity contribution in [2.24, 2.45) is 0 Å². The van der Waals surface area contributed by atoms with Gasteiger partial charge in [-0.2, -0.15) is 0 Å². The molecule has 1 amide bonds. The summed E-state index contributed by atoms with van der Waals surface area (Å²) in [6.45, 7) is 2.79. The average Bonchev–Trinajstić information content (AvgIpc) is 3.07. The van der Waals surface area contributed by atoms with Gasteiger partial charge in [0, 0.05) is 28.9 Å². The summed E-state index contributed by atoms with van der Waals surface area (Å²) in [7, 11) is 0. The summed E-state index contributed by atoms with van der Waals surface area (Å²) >= 11 is 2.20. The molecular weight excluding hydrogens is 387 g/mol. The van der Waals surface area contributed by atoms with Gasteiger partial charge >= 0.3 is 0 Å². The number of halogens is 1. The van der Waals surface area contributed by atoms with Crippen LogP contribution in [-0.2, 0) is 6.54 Å². The van der Waals surface area contributed by atoms with Crippen molar-refractivity contribution < 1.29 is 4.79 Å². The quantitative estimate of drug-likeness (QED) is 0.784. The summed E-state index contributed by atoms with van der Waals surface area (Å²) in [4.78, 5) is 14.8. The van der Waals surface area contributed by atoms with Crippen molar-refractivity contribution in [3.05, 3.63) is 63.2 Å². The van der Waals surface area contributed by atoms with E-state index in [2.05, 4.69) is 51.0 Å². The third kappa shape index (κ3) is 3.43. The highest BCUT2D eigenvalue weighted by atomic mass is 127. The van der Waals surface area contributed by atoms with Crippen molar-refractivity contribution in [3.63, 3.8) is 0 Å². The summed E-state index contributed by atoms with van der Waals surface area (Å²) in [5, 5.41) is 3.05. The molecule has 3 nitrogen and oxygen atoms in total. The van der Waals surface area contributed by atoms with Crippen LogP contribution in [0.3, 0.4) is 0 Å². The minimum Gasteiger partial charge on any atom is -0.371 e. The van der Waals surface area contributed by atoms with E-state index >= 15 is 0 Å².